The Bertz CT molecular complexity index is 796. The Balaban J connectivity index is 2.15. The molecule has 1 atom stereocenters. The molecule has 0 saturated carbocycles. The van der Waals surface area contributed by atoms with Gasteiger partial charge >= 0.3 is 6.03 Å². The van der Waals surface area contributed by atoms with Crippen LogP contribution in [0.5, 0.6) is 0 Å². The van der Waals surface area contributed by atoms with Crippen molar-refractivity contribution in [2.75, 3.05) is 0 Å². The Hall–Kier alpha value is -2.55. The SMILES string of the molecule is C=CCn1c(S[C@@H](C)C(=O)NC(=O)NC(C)C)nnc1-c1ccoc1C. The molecule has 0 spiro atoms. The fourth-order valence-electron chi connectivity index (χ4n) is 2.21. The number of aromatic nitrogens is 3. The van der Waals surface area contributed by atoms with Gasteiger partial charge in [0, 0.05) is 12.6 Å². The fraction of sp³-hybridized carbons (Fsp3) is 0.412. The van der Waals surface area contributed by atoms with Crippen LogP contribution in [0, 0.1) is 6.92 Å². The monoisotopic (exact) mass is 377 g/mol. The Morgan fingerprint density at radius 2 is 2.12 bits per heavy atom. The number of hydrogen-bond donors (Lipinski definition) is 2. The van der Waals surface area contributed by atoms with E-state index in [4.69, 9.17) is 4.42 Å². The highest BCUT2D eigenvalue weighted by Crippen LogP contribution is 2.29. The van der Waals surface area contributed by atoms with Crippen molar-refractivity contribution in [2.24, 2.45) is 0 Å². The van der Waals surface area contributed by atoms with Gasteiger partial charge in [-0.25, -0.2) is 4.79 Å². The molecule has 0 bridgehead atoms. The van der Waals surface area contributed by atoms with Crippen molar-refractivity contribution in [1.82, 2.24) is 25.4 Å². The molecule has 0 aromatic carbocycles. The van der Waals surface area contributed by atoms with Gasteiger partial charge in [0.25, 0.3) is 0 Å². The Labute approximate surface area is 156 Å². The number of allylic oxidation sites excluding steroid dienone is 1. The zero-order valence-electron chi connectivity index (χ0n) is 15.3. The minimum absolute atomic E-state index is 0.0535. The van der Waals surface area contributed by atoms with E-state index in [0.29, 0.717) is 17.5 Å². The number of nitrogens with one attached hydrogen (secondary N) is 2. The van der Waals surface area contributed by atoms with Crippen LogP contribution in [0.15, 0.2) is 34.6 Å². The van der Waals surface area contributed by atoms with Crippen molar-refractivity contribution < 1.29 is 14.0 Å². The molecule has 9 heteroatoms. The van der Waals surface area contributed by atoms with Gasteiger partial charge in [-0.15, -0.1) is 16.8 Å². The van der Waals surface area contributed by atoms with Crippen molar-refractivity contribution in [3.05, 3.63) is 30.7 Å². The summed E-state index contributed by atoms with van der Waals surface area (Å²) in [7, 11) is 0. The largest absolute Gasteiger partial charge is 0.469 e. The number of hydrogen-bond acceptors (Lipinski definition) is 6. The lowest BCUT2D eigenvalue weighted by molar-refractivity contribution is -0.119. The van der Waals surface area contributed by atoms with Crippen LogP contribution in [0.2, 0.25) is 0 Å². The molecule has 0 radical (unpaired) electrons. The maximum Gasteiger partial charge on any atom is 0.321 e. The van der Waals surface area contributed by atoms with Crippen LogP contribution in [0.25, 0.3) is 11.4 Å². The third-order valence-corrected chi connectivity index (χ3v) is 4.52. The van der Waals surface area contributed by atoms with Gasteiger partial charge in [-0.05, 0) is 33.8 Å². The summed E-state index contributed by atoms with van der Waals surface area (Å²) in [5.41, 5.74) is 0.833. The van der Waals surface area contributed by atoms with Crippen molar-refractivity contribution in [2.45, 2.75) is 50.7 Å². The molecule has 8 nitrogen and oxygen atoms in total. The van der Waals surface area contributed by atoms with E-state index in [2.05, 4.69) is 27.4 Å². The van der Waals surface area contributed by atoms with Gasteiger partial charge in [-0.2, -0.15) is 0 Å². The molecule has 2 heterocycles. The highest BCUT2D eigenvalue weighted by atomic mass is 32.2. The first-order valence-corrected chi connectivity index (χ1v) is 9.08. The van der Waals surface area contributed by atoms with Gasteiger partial charge in [-0.3, -0.25) is 14.7 Å². The number of furan rings is 1. The van der Waals surface area contributed by atoms with E-state index in [1.165, 1.54) is 11.8 Å². The smallest absolute Gasteiger partial charge is 0.321 e. The van der Waals surface area contributed by atoms with E-state index in [0.717, 1.165) is 11.3 Å². The third-order valence-electron chi connectivity index (χ3n) is 3.44. The lowest BCUT2D eigenvalue weighted by atomic mass is 10.2. The molecule has 2 N–H and O–H groups in total. The number of nitrogens with zero attached hydrogens (tertiary/aromatic N) is 3. The molecule has 0 aliphatic carbocycles. The molecule has 0 aliphatic rings. The molecule has 2 rings (SSSR count). The Morgan fingerprint density at radius 3 is 2.69 bits per heavy atom. The zero-order valence-corrected chi connectivity index (χ0v) is 16.1. The summed E-state index contributed by atoms with van der Waals surface area (Å²) in [5.74, 6) is 0.974. The Kier molecular flexibility index (Phi) is 6.62. The van der Waals surface area contributed by atoms with E-state index in [1.54, 1.807) is 19.3 Å². The lowest BCUT2D eigenvalue weighted by Gasteiger charge is -2.13. The number of rotatable bonds is 7. The van der Waals surface area contributed by atoms with Crippen molar-refractivity contribution in [3.63, 3.8) is 0 Å². The van der Waals surface area contributed by atoms with E-state index >= 15 is 0 Å². The van der Waals surface area contributed by atoms with Gasteiger partial charge in [0.1, 0.15) is 5.76 Å². The van der Waals surface area contributed by atoms with E-state index in [1.807, 2.05) is 31.4 Å². The highest BCUT2D eigenvalue weighted by molar-refractivity contribution is 8.00. The van der Waals surface area contributed by atoms with Gasteiger partial charge in [-0.1, -0.05) is 17.8 Å². The molecule has 2 aromatic heterocycles. The van der Waals surface area contributed by atoms with Gasteiger partial charge in [0.15, 0.2) is 11.0 Å². The zero-order chi connectivity index (χ0) is 19.3. The number of amides is 3. The second-order valence-electron chi connectivity index (χ2n) is 5.97. The third kappa shape index (κ3) is 4.75. The first kappa shape index (κ1) is 19.8. The van der Waals surface area contributed by atoms with Crippen LogP contribution in [0.4, 0.5) is 4.79 Å². The molecule has 3 amide bonds. The van der Waals surface area contributed by atoms with Gasteiger partial charge < -0.3 is 9.73 Å². The first-order chi connectivity index (χ1) is 12.3. The summed E-state index contributed by atoms with van der Waals surface area (Å²) in [4.78, 5) is 23.9. The molecule has 2 aromatic rings. The van der Waals surface area contributed by atoms with Crippen LogP contribution >= 0.6 is 11.8 Å². The molecule has 0 fully saturated rings. The summed E-state index contributed by atoms with van der Waals surface area (Å²) in [6, 6.07) is 1.25. The second kappa shape index (κ2) is 8.70. The lowest BCUT2D eigenvalue weighted by Crippen LogP contribution is -2.45. The summed E-state index contributed by atoms with van der Waals surface area (Å²) in [5, 5.41) is 13.4. The van der Waals surface area contributed by atoms with Crippen LogP contribution < -0.4 is 10.6 Å². The number of carbonyl (C=O) groups is 2. The second-order valence-corrected chi connectivity index (χ2v) is 7.28. The van der Waals surface area contributed by atoms with E-state index < -0.39 is 17.2 Å². The standard InChI is InChI=1S/C17H23N5O3S/c1-6-8-22-14(13-7-9-25-11(13)4)20-21-17(22)26-12(5)15(23)19-16(24)18-10(2)3/h6-7,9-10,12H,1,8H2,2-5H3,(H2,18,19,23,24)/t12-/m0/s1. The average molecular weight is 377 g/mol. The van der Waals surface area contributed by atoms with Crippen LogP contribution in [0.3, 0.4) is 0 Å². The minimum Gasteiger partial charge on any atom is -0.469 e. The maximum atomic E-state index is 12.2. The van der Waals surface area contributed by atoms with Crippen LogP contribution in [-0.4, -0.2) is 38.0 Å². The minimum atomic E-state index is -0.529. The van der Waals surface area contributed by atoms with Crippen molar-refractivity contribution >= 4 is 23.7 Å². The fourth-order valence-corrected chi connectivity index (χ4v) is 3.07. The molecular formula is C17H23N5O3S. The van der Waals surface area contributed by atoms with E-state index in [9.17, 15) is 9.59 Å². The first-order valence-electron chi connectivity index (χ1n) is 8.20. The highest BCUT2D eigenvalue weighted by Gasteiger charge is 2.23. The summed E-state index contributed by atoms with van der Waals surface area (Å²) >= 11 is 1.22. The Morgan fingerprint density at radius 1 is 1.38 bits per heavy atom. The molecular weight excluding hydrogens is 354 g/mol. The van der Waals surface area contributed by atoms with Crippen molar-refractivity contribution in [3.8, 4) is 11.4 Å². The predicted octanol–water partition coefficient (Wildman–Crippen LogP) is 2.75. The number of urea groups is 1. The number of imide groups is 1. The molecule has 26 heavy (non-hydrogen) atoms. The van der Waals surface area contributed by atoms with Gasteiger partial charge in [0.05, 0.1) is 17.1 Å². The summed E-state index contributed by atoms with van der Waals surface area (Å²) in [6.07, 6.45) is 3.32. The normalized spacial score (nSPS) is 12.0. The number of carbonyl (C=O) groups excluding carboxylic acids is 2. The summed E-state index contributed by atoms with van der Waals surface area (Å²) < 4.78 is 7.19. The summed E-state index contributed by atoms with van der Waals surface area (Å²) in [6.45, 7) is 11.4. The molecule has 0 saturated heterocycles. The predicted molar refractivity (Wildman–Crippen MR) is 99.8 cm³/mol. The van der Waals surface area contributed by atoms with E-state index in [-0.39, 0.29) is 6.04 Å². The maximum absolute atomic E-state index is 12.2. The average Bonchev–Trinajstić information content (AvgIpc) is 3.13. The van der Waals surface area contributed by atoms with Gasteiger partial charge in [0.2, 0.25) is 5.91 Å². The number of thioether (sulfide) groups is 1. The molecule has 0 aliphatic heterocycles. The topological polar surface area (TPSA) is 102 Å². The van der Waals surface area contributed by atoms with Crippen molar-refractivity contribution in [1.29, 1.82) is 0 Å². The van der Waals surface area contributed by atoms with Crippen LogP contribution in [0.1, 0.15) is 26.5 Å². The number of aryl methyl sites for hydroxylation is 1. The molecule has 140 valence electrons. The quantitative estimate of drug-likeness (QED) is 0.568. The molecule has 0 unspecified atom stereocenters. The van der Waals surface area contributed by atoms with Crippen LogP contribution in [-0.2, 0) is 11.3 Å².